The number of carbonyl (C=O) groups excluding carboxylic acids is 1. The van der Waals surface area contributed by atoms with Crippen LogP contribution in [0.1, 0.15) is 47.7 Å². The number of ketones is 1. The third-order valence-electron chi connectivity index (χ3n) is 2.87. The molecule has 0 N–H and O–H groups in total. The molecule has 0 bridgehead atoms. The van der Waals surface area contributed by atoms with Crippen LogP contribution in [0.2, 0.25) is 0 Å². The fraction of sp³-hybridized carbons (Fsp3) is 0.583. The van der Waals surface area contributed by atoms with E-state index < -0.39 is 0 Å². The fourth-order valence-electron chi connectivity index (χ4n) is 1.59. The molecule has 0 saturated heterocycles. The van der Waals surface area contributed by atoms with Crippen molar-refractivity contribution in [2.75, 3.05) is 0 Å². The van der Waals surface area contributed by atoms with Crippen molar-refractivity contribution in [2.45, 2.75) is 41.0 Å². The van der Waals surface area contributed by atoms with Crippen molar-refractivity contribution in [2.24, 2.45) is 5.92 Å². The Balaban J connectivity index is 3.12. The zero-order valence-electron chi connectivity index (χ0n) is 9.60. The summed E-state index contributed by atoms with van der Waals surface area (Å²) in [5.41, 5.74) is 1.78. The zero-order valence-corrected chi connectivity index (χ0v) is 9.60. The SMILES string of the molecule is CCC(C)C(=O)c1c(C)oc(C)c1C. The monoisotopic (exact) mass is 194 g/mol. The van der Waals surface area contributed by atoms with Crippen LogP contribution < -0.4 is 0 Å². The first-order valence-corrected chi connectivity index (χ1v) is 5.09. The molecule has 1 heterocycles. The van der Waals surface area contributed by atoms with Crippen molar-refractivity contribution in [3.8, 4) is 0 Å². The summed E-state index contributed by atoms with van der Waals surface area (Å²) in [6.45, 7) is 9.69. The lowest BCUT2D eigenvalue weighted by Gasteiger charge is -2.06. The number of hydrogen-bond donors (Lipinski definition) is 0. The van der Waals surface area contributed by atoms with E-state index in [0.29, 0.717) is 0 Å². The standard InChI is InChI=1S/C12H18O2/c1-6-7(2)12(13)11-8(3)9(4)14-10(11)5/h7H,6H2,1-5H3. The van der Waals surface area contributed by atoms with Gasteiger partial charge in [-0.25, -0.2) is 0 Å². The van der Waals surface area contributed by atoms with Gasteiger partial charge in [-0.05, 0) is 27.2 Å². The highest BCUT2D eigenvalue weighted by Gasteiger charge is 2.21. The van der Waals surface area contributed by atoms with Crippen LogP contribution >= 0.6 is 0 Å². The van der Waals surface area contributed by atoms with E-state index in [1.54, 1.807) is 0 Å². The lowest BCUT2D eigenvalue weighted by Crippen LogP contribution is -2.11. The average Bonchev–Trinajstić information content (AvgIpc) is 2.39. The van der Waals surface area contributed by atoms with E-state index in [0.717, 1.165) is 29.1 Å². The Morgan fingerprint density at radius 2 is 1.86 bits per heavy atom. The number of Topliss-reactive ketones (excluding diaryl/α,β-unsaturated/α-hetero) is 1. The first-order valence-electron chi connectivity index (χ1n) is 5.09. The first-order chi connectivity index (χ1) is 6.49. The van der Waals surface area contributed by atoms with Crippen LogP contribution in [0.15, 0.2) is 4.42 Å². The zero-order chi connectivity index (χ0) is 10.9. The quantitative estimate of drug-likeness (QED) is 0.690. The third kappa shape index (κ3) is 1.74. The Bertz CT molecular complexity index is 347. The Hall–Kier alpha value is -1.05. The van der Waals surface area contributed by atoms with Crippen molar-refractivity contribution in [1.82, 2.24) is 0 Å². The third-order valence-corrected chi connectivity index (χ3v) is 2.87. The van der Waals surface area contributed by atoms with Gasteiger partial charge < -0.3 is 4.42 Å². The molecular weight excluding hydrogens is 176 g/mol. The maximum absolute atomic E-state index is 12.0. The molecule has 0 amide bonds. The predicted octanol–water partition coefficient (Wildman–Crippen LogP) is 3.43. The van der Waals surface area contributed by atoms with Crippen LogP contribution in [0, 0.1) is 26.7 Å². The second-order valence-corrected chi connectivity index (χ2v) is 3.89. The molecule has 14 heavy (non-hydrogen) atoms. The highest BCUT2D eigenvalue weighted by molar-refractivity contribution is 6.00. The number of rotatable bonds is 3. The summed E-state index contributed by atoms with van der Waals surface area (Å²) in [4.78, 5) is 12.0. The molecule has 0 radical (unpaired) electrons. The van der Waals surface area contributed by atoms with Gasteiger partial charge in [0.25, 0.3) is 0 Å². The average molecular weight is 194 g/mol. The van der Waals surface area contributed by atoms with E-state index in [1.165, 1.54) is 0 Å². The Morgan fingerprint density at radius 3 is 2.21 bits per heavy atom. The van der Waals surface area contributed by atoms with Crippen LogP contribution in [0.3, 0.4) is 0 Å². The van der Waals surface area contributed by atoms with Crippen molar-refractivity contribution in [3.63, 3.8) is 0 Å². The number of aryl methyl sites for hydroxylation is 2. The van der Waals surface area contributed by atoms with Gasteiger partial charge in [-0.2, -0.15) is 0 Å². The smallest absolute Gasteiger partial charge is 0.169 e. The molecule has 1 atom stereocenters. The van der Waals surface area contributed by atoms with Crippen molar-refractivity contribution in [1.29, 1.82) is 0 Å². The molecule has 0 aliphatic carbocycles. The molecule has 0 aromatic carbocycles. The van der Waals surface area contributed by atoms with Gasteiger partial charge >= 0.3 is 0 Å². The number of carbonyl (C=O) groups is 1. The summed E-state index contributed by atoms with van der Waals surface area (Å²) in [6, 6.07) is 0. The van der Waals surface area contributed by atoms with Crippen molar-refractivity contribution >= 4 is 5.78 Å². The molecule has 2 heteroatoms. The second kappa shape index (κ2) is 3.99. The highest BCUT2D eigenvalue weighted by Crippen LogP contribution is 2.24. The largest absolute Gasteiger partial charge is 0.466 e. The Labute approximate surface area is 85.3 Å². The first kappa shape index (κ1) is 11.0. The Kier molecular flexibility index (Phi) is 3.14. The van der Waals surface area contributed by atoms with Crippen LogP contribution in [0.25, 0.3) is 0 Å². The molecule has 0 aliphatic rings. The molecule has 1 aromatic rings. The summed E-state index contributed by atoms with van der Waals surface area (Å²) in [7, 11) is 0. The van der Waals surface area contributed by atoms with E-state index in [4.69, 9.17) is 4.42 Å². The van der Waals surface area contributed by atoms with Crippen LogP contribution in [-0.2, 0) is 0 Å². The van der Waals surface area contributed by atoms with E-state index in [2.05, 4.69) is 0 Å². The summed E-state index contributed by atoms with van der Waals surface area (Å²) in [5.74, 6) is 1.91. The second-order valence-electron chi connectivity index (χ2n) is 3.89. The molecule has 1 rings (SSSR count). The van der Waals surface area contributed by atoms with Gasteiger partial charge in [0.1, 0.15) is 11.5 Å². The van der Waals surface area contributed by atoms with Gasteiger partial charge in [-0.15, -0.1) is 0 Å². The van der Waals surface area contributed by atoms with Gasteiger partial charge in [-0.1, -0.05) is 13.8 Å². The lowest BCUT2D eigenvalue weighted by atomic mass is 9.94. The van der Waals surface area contributed by atoms with Crippen LogP contribution in [0.4, 0.5) is 0 Å². The lowest BCUT2D eigenvalue weighted by molar-refractivity contribution is 0.0925. The molecule has 1 aromatic heterocycles. The van der Waals surface area contributed by atoms with Gasteiger partial charge in [0.2, 0.25) is 0 Å². The predicted molar refractivity (Wildman–Crippen MR) is 56.7 cm³/mol. The topological polar surface area (TPSA) is 30.2 Å². The maximum atomic E-state index is 12.0. The van der Waals surface area contributed by atoms with Gasteiger partial charge in [-0.3, -0.25) is 4.79 Å². The number of hydrogen-bond acceptors (Lipinski definition) is 2. The summed E-state index contributed by atoms with van der Waals surface area (Å²) < 4.78 is 5.44. The normalized spacial score (nSPS) is 12.9. The van der Waals surface area contributed by atoms with E-state index in [1.807, 2.05) is 34.6 Å². The summed E-state index contributed by atoms with van der Waals surface area (Å²) >= 11 is 0. The highest BCUT2D eigenvalue weighted by atomic mass is 16.3. The van der Waals surface area contributed by atoms with E-state index in [-0.39, 0.29) is 11.7 Å². The van der Waals surface area contributed by atoms with Gasteiger partial charge in [0.05, 0.1) is 5.56 Å². The fourth-order valence-corrected chi connectivity index (χ4v) is 1.59. The summed E-state index contributed by atoms with van der Waals surface area (Å²) in [5, 5.41) is 0. The molecule has 1 unspecified atom stereocenters. The number of furan rings is 1. The van der Waals surface area contributed by atoms with E-state index >= 15 is 0 Å². The minimum atomic E-state index is 0.0874. The van der Waals surface area contributed by atoms with Crippen LogP contribution in [0.5, 0.6) is 0 Å². The van der Waals surface area contributed by atoms with Gasteiger partial charge in [0.15, 0.2) is 5.78 Å². The van der Waals surface area contributed by atoms with Crippen molar-refractivity contribution in [3.05, 3.63) is 22.6 Å². The molecule has 0 aliphatic heterocycles. The molecule has 0 spiro atoms. The molecule has 0 saturated carbocycles. The molecule has 2 nitrogen and oxygen atoms in total. The molecule has 78 valence electrons. The van der Waals surface area contributed by atoms with Crippen molar-refractivity contribution < 1.29 is 9.21 Å². The van der Waals surface area contributed by atoms with Crippen LogP contribution in [-0.4, -0.2) is 5.78 Å². The minimum absolute atomic E-state index is 0.0874. The minimum Gasteiger partial charge on any atom is -0.466 e. The van der Waals surface area contributed by atoms with E-state index in [9.17, 15) is 4.79 Å². The molecule has 0 fully saturated rings. The maximum Gasteiger partial charge on any atom is 0.169 e. The molecular formula is C12H18O2. The Morgan fingerprint density at radius 1 is 1.29 bits per heavy atom. The summed E-state index contributed by atoms with van der Waals surface area (Å²) in [6.07, 6.45) is 0.877. The van der Waals surface area contributed by atoms with Gasteiger partial charge in [0, 0.05) is 11.5 Å².